The van der Waals surface area contributed by atoms with Gasteiger partial charge in [-0.2, -0.15) is 20.2 Å². The van der Waals surface area contributed by atoms with E-state index in [-0.39, 0.29) is 17.9 Å². The highest BCUT2D eigenvalue weighted by atomic mass is 16.2. The third kappa shape index (κ3) is 2.62. The van der Waals surface area contributed by atoms with E-state index in [1.807, 2.05) is 60.7 Å². The molecule has 0 bridgehead atoms. The van der Waals surface area contributed by atoms with E-state index >= 15 is 0 Å². The van der Waals surface area contributed by atoms with Crippen LogP contribution in [-0.4, -0.2) is 28.0 Å². The lowest BCUT2D eigenvalue weighted by atomic mass is 10.1. The highest BCUT2D eigenvalue weighted by Gasteiger charge is 2.58. The van der Waals surface area contributed by atoms with E-state index < -0.39 is 6.17 Å². The van der Waals surface area contributed by atoms with Gasteiger partial charge in [0.05, 0.1) is 22.9 Å². The number of hydrogen-bond donors (Lipinski definition) is 0. The molecule has 0 aliphatic carbocycles. The highest BCUT2D eigenvalue weighted by Crippen LogP contribution is 2.48. The minimum atomic E-state index is -0.412. The second kappa shape index (κ2) is 6.51. The largest absolute Gasteiger partial charge is 0.276 e. The lowest BCUT2D eigenvalue weighted by Gasteiger charge is -2.15. The van der Waals surface area contributed by atoms with Crippen molar-refractivity contribution in [3.8, 4) is 0 Å². The standard InChI is InChI=1S/C22H16N4O2/c27-21-17-13-7-8-14-18(17)22(28)26(21)25-19(15-9-3-1-4-10-15)20(25)24-23-16-11-5-2-6-12-16/h1-14,19-20H/t19-,20+,25?/m1/s1. The highest BCUT2D eigenvalue weighted by molar-refractivity contribution is 6.21. The van der Waals surface area contributed by atoms with Crippen molar-refractivity contribution in [1.82, 2.24) is 10.0 Å². The van der Waals surface area contributed by atoms with Gasteiger partial charge in [0.2, 0.25) is 0 Å². The lowest BCUT2D eigenvalue weighted by Crippen LogP contribution is -2.36. The van der Waals surface area contributed by atoms with Crippen LogP contribution in [0.4, 0.5) is 5.69 Å². The Morgan fingerprint density at radius 3 is 1.82 bits per heavy atom. The van der Waals surface area contributed by atoms with Gasteiger partial charge in [0, 0.05) is 0 Å². The van der Waals surface area contributed by atoms with Crippen LogP contribution in [0.5, 0.6) is 0 Å². The van der Waals surface area contributed by atoms with Crippen molar-refractivity contribution in [1.29, 1.82) is 0 Å². The number of carbonyl (C=O) groups excluding carboxylic acids is 2. The molecular formula is C22H16N4O2. The molecule has 2 aliphatic rings. The second-order valence-electron chi connectivity index (χ2n) is 6.67. The Labute approximate surface area is 161 Å². The number of imide groups is 1. The smallest absolute Gasteiger partial charge is 0.267 e. The van der Waals surface area contributed by atoms with E-state index in [2.05, 4.69) is 10.2 Å². The number of carbonyl (C=O) groups is 2. The monoisotopic (exact) mass is 368 g/mol. The first-order valence-electron chi connectivity index (χ1n) is 9.02. The average Bonchev–Trinajstić information content (AvgIpc) is 3.40. The van der Waals surface area contributed by atoms with Gasteiger partial charge in [-0.25, -0.2) is 0 Å². The van der Waals surface area contributed by atoms with Crippen LogP contribution in [0, 0.1) is 0 Å². The molecule has 0 saturated carbocycles. The summed E-state index contributed by atoms with van der Waals surface area (Å²) in [5.41, 5.74) is 2.55. The van der Waals surface area contributed by atoms with Gasteiger partial charge in [-0.15, -0.1) is 0 Å². The summed E-state index contributed by atoms with van der Waals surface area (Å²) < 4.78 is 0. The van der Waals surface area contributed by atoms with Crippen LogP contribution in [-0.2, 0) is 0 Å². The molecule has 6 heteroatoms. The van der Waals surface area contributed by atoms with Crippen LogP contribution < -0.4 is 0 Å². The summed E-state index contributed by atoms with van der Waals surface area (Å²) in [6.07, 6.45) is -0.412. The first-order chi connectivity index (χ1) is 13.8. The zero-order chi connectivity index (χ0) is 19.1. The zero-order valence-electron chi connectivity index (χ0n) is 14.8. The molecule has 0 radical (unpaired) electrons. The van der Waals surface area contributed by atoms with Crippen LogP contribution in [0.1, 0.15) is 32.3 Å². The molecule has 28 heavy (non-hydrogen) atoms. The van der Waals surface area contributed by atoms with Crippen LogP contribution in [0.15, 0.2) is 95.2 Å². The first kappa shape index (κ1) is 16.5. The fourth-order valence-corrected chi connectivity index (χ4v) is 3.55. The predicted octanol–water partition coefficient (Wildman–Crippen LogP) is 4.36. The molecule has 136 valence electrons. The van der Waals surface area contributed by atoms with E-state index in [1.54, 1.807) is 29.3 Å². The summed E-state index contributed by atoms with van der Waals surface area (Å²) in [6, 6.07) is 25.8. The lowest BCUT2D eigenvalue weighted by molar-refractivity contribution is 0.0342. The third-order valence-electron chi connectivity index (χ3n) is 4.94. The van der Waals surface area contributed by atoms with Gasteiger partial charge in [0.25, 0.3) is 11.8 Å². The number of azo groups is 1. The molecule has 3 aromatic rings. The van der Waals surface area contributed by atoms with Crippen molar-refractivity contribution < 1.29 is 9.59 Å². The number of nitrogens with zero attached hydrogens (tertiary/aromatic N) is 4. The van der Waals surface area contributed by atoms with Gasteiger partial charge in [-0.3, -0.25) is 9.59 Å². The number of hydrazine groups is 1. The molecule has 0 spiro atoms. The fourth-order valence-electron chi connectivity index (χ4n) is 3.55. The molecule has 5 rings (SSSR count). The van der Waals surface area contributed by atoms with Crippen LogP contribution in [0.25, 0.3) is 0 Å². The summed E-state index contributed by atoms with van der Waals surface area (Å²) in [5, 5.41) is 11.6. The van der Waals surface area contributed by atoms with E-state index in [4.69, 9.17) is 0 Å². The summed E-state index contributed by atoms with van der Waals surface area (Å²) in [7, 11) is 0. The van der Waals surface area contributed by atoms with Crippen molar-refractivity contribution in [3.05, 3.63) is 102 Å². The molecule has 2 aliphatic heterocycles. The van der Waals surface area contributed by atoms with Gasteiger partial charge < -0.3 is 0 Å². The number of rotatable bonds is 4. The Morgan fingerprint density at radius 1 is 0.679 bits per heavy atom. The Kier molecular flexibility index (Phi) is 3.84. The van der Waals surface area contributed by atoms with E-state index in [0.717, 1.165) is 11.3 Å². The summed E-state index contributed by atoms with van der Waals surface area (Å²) in [5.74, 6) is -0.641. The molecule has 3 aromatic carbocycles. The maximum absolute atomic E-state index is 12.9. The zero-order valence-corrected chi connectivity index (χ0v) is 14.8. The predicted molar refractivity (Wildman–Crippen MR) is 103 cm³/mol. The van der Waals surface area contributed by atoms with Crippen molar-refractivity contribution in [2.75, 3.05) is 0 Å². The second-order valence-corrected chi connectivity index (χ2v) is 6.67. The van der Waals surface area contributed by atoms with Crippen molar-refractivity contribution in [2.24, 2.45) is 10.2 Å². The summed E-state index contributed by atoms with van der Waals surface area (Å²) in [6.45, 7) is 0. The molecule has 1 saturated heterocycles. The molecule has 6 nitrogen and oxygen atoms in total. The van der Waals surface area contributed by atoms with E-state index in [1.165, 1.54) is 5.01 Å². The minimum absolute atomic E-state index is 0.212. The quantitative estimate of drug-likeness (QED) is 0.390. The summed E-state index contributed by atoms with van der Waals surface area (Å²) >= 11 is 0. The SMILES string of the molecule is O=C1c2ccccc2C(=O)N1N1[C@H](N=Nc2ccccc2)[C@H]1c1ccccc1. The van der Waals surface area contributed by atoms with Crippen LogP contribution >= 0.6 is 0 Å². The topological polar surface area (TPSA) is 65.1 Å². The average molecular weight is 368 g/mol. The van der Waals surface area contributed by atoms with Crippen molar-refractivity contribution in [3.63, 3.8) is 0 Å². The van der Waals surface area contributed by atoms with Crippen molar-refractivity contribution in [2.45, 2.75) is 12.2 Å². The molecule has 2 heterocycles. The molecule has 2 amide bonds. The Bertz CT molecular complexity index is 1050. The number of benzene rings is 3. The first-order valence-corrected chi connectivity index (χ1v) is 9.02. The van der Waals surface area contributed by atoms with Crippen LogP contribution in [0.2, 0.25) is 0 Å². The molecule has 1 unspecified atom stereocenters. The Morgan fingerprint density at radius 2 is 1.21 bits per heavy atom. The van der Waals surface area contributed by atoms with Gasteiger partial charge in [-0.1, -0.05) is 60.7 Å². The van der Waals surface area contributed by atoms with Crippen molar-refractivity contribution >= 4 is 17.5 Å². The Hall–Kier alpha value is -3.64. The Balaban J connectivity index is 1.49. The minimum Gasteiger partial charge on any atom is -0.267 e. The maximum Gasteiger partial charge on any atom is 0.276 e. The van der Waals surface area contributed by atoms with Gasteiger partial charge in [0.1, 0.15) is 0 Å². The van der Waals surface area contributed by atoms with Gasteiger partial charge in [-0.05, 0) is 29.8 Å². The molecule has 3 atom stereocenters. The maximum atomic E-state index is 12.9. The molecule has 0 aromatic heterocycles. The number of hydrogen-bond acceptors (Lipinski definition) is 5. The molecular weight excluding hydrogens is 352 g/mol. The van der Waals surface area contributed by atoms with Crippen LogP contribution in [0.3, 0.4) is 0 Å². The fraction of sp³-hybridized carbons (Fsp3) is 0.0909. The number of amides is 2. The number of fused-ring (bicyclic) bond motifs is 1. The van der Waals surface area contributed by atoms with E-state index in [0.29, 0.717) is 11.1 Å². The van der Waals surface area contributed by atoms with Gasteiger partial charge >= 0.3 is 0 Å². The molecule has 0 N–H and O–H groups in total. The summed E-state index contributed by atoms with van der Waals surface area (Å²) in [4.78, 5) is 25.8. The molecule has 1 fully saturated rings. The third-order valence-corrected chi connectivity index (χ3v) is 4.94. The van der Waals surface area contributed by atoms with E-state index in [9.17, 15) is 9.59 Å². The van der Waals surface area contributed by atoms with Gasteiger partial charge in [0.15, 0.2) is 6.17 Å². The normalized spacial score (nSPS) is 23.3.